The minimum absolute atomic E-state index is 0.215. The summed E-state index contributed by atoms with van der Waals surface area (Å²) >= 11 is 5.14. The van der Waals surface area contributed by atoms with E-state index in [9.17, 15) is 8.78 Å². The first-order chi connectivity index (χ1) is 10.1. The predicted octanol–water partition coefficient (Wildman–Crippen LogP) is 3.16. The maximum Gasteiger partial charge on any atom is 0.231 e. The third kappa shape index (κ3) is 3.11. The number of thiocarbonyl (C=S) groups is 1. The van der Waals surface area contributed by atoms with E-state index < -0.39 is 11.6 Å². The van der Waals surface area contributed by atoms with Crippen LogP contribution in [0, 0.1) is 11.6 Å². The molecule has 0 spiro atoms. The van der Waals surface area contributed by atoms with E-state index in [1.165, 1.54) is 12.1 Å². The normalized spacial score (nSPS) is 12.3. The monoisotopic (exact) mass is 307 g/mol. The molecule has 0 fully saturated rings. The SMILES string of the molecule is Fc1cc(F)cc(C(=S)NCc2ccc3c(c2)OCO3)c1. The Morgan fingerprint density at radius 3 is 2.52 bits per heavy atom. The van der Waals surface area contributed by atoms with Crippen molar-refractivity contribution in [3.05, 3.63) is 59.2 Å². The number of benzene rings is 2. The van der Waals surface area contributed by atoms with Crippen LogP contribution >= 0.6 is 12.2 Å². The fourth-order valence-corrected chi connectivity index (χ4v) is 2.21. The van der Waals surface area contributed by atoms with E-state index in [-0.39, 0.29) is 11.8 Å². The van der Waals surface area contributed by atoms with Crippen LogP contribution < -0.4 is 14.8 Å². The van der Waals surface area contributed by atoms with Gasteiger partial charge in [0.05, 0.1) is 0 Å². The van der Waals surface area contributed by atoms with Gasteiger partial charge >= 0.3 is 0 Å². The van der Waals surface area contributed by atoms with E-state index >= 15 is 0 Å². The van der Waals surface area contributed by atoms with Gasteiger partial charge in [-0.25, -0.2) is 8.78 Å². The Morgan fingerprint density at radius 1 is 1.05 bits per heavy atom. The highest BCUT2D eigenvalue weighted by Crippen LogP contribution is 2.32. The summed E-state index contributed by atoms with van der Waals surface area (Å²) in [6.45, 7) is 0.640. The van der Waals surface area contributed by atoms with Gasteiger partial charge in [0.2, 0.25) is 6.79 Å². The van der Waals surface area contributed by atoms with Crippen molar-refractivity contribution in [2.45, 2.75) is 6.54 Å². The Bertz CT molecular complexity index is 686. The molecule has 0 aromatic heterocycles. The number of nitrogens with one attached hydrogen (secondary N) is 1. The highest BCUT2D eigenvalue weighted by Gasteiger charge is 2.13. The zero-order chi connectivity index (χ0) is 14.8. The van der Waals surface area contributed by atoms with Gasteiger partial charge in [0.25, 0.3) is 0 Å². The van der Waals surface area contributed by atoms with Crippen molar-refractivity contribution in [2.75, 3.05) is 6.79 Å². The lowest BCUT2D eigenvalue weighted by Crippen LogP contribution is -2.22. The number of ether oxygens (including phenoxy) is 2. The van der Waals surface area contributed by atoms with Crippen molar-refractivity contribution >= 4 is 17.2 Å². The first-order valence-corrected chi connectivity index (χ1v) is 6.65. The molecule has 0 saturated carbocycles. The zero-order valence-electron chi connectivity index (χ0n) is 10.9. The van der Waals surface area contributed by atoms with Gasteiger partial charge in [-0.1, -0.05) is 18.3 Å². The Kier molecular flexibility index (Phi) is 3.70. The van der Waals surface area contributed by atoms with Gasteiger partial charge in [0, 0.05) is 18.2 Å². The first-order valence-electron chi connectivity index (χ1n) is 6.24. The Labute approximate surface area is 125 Å². The van der Waals surface area contributed by atoms with Gasteiger partial charge in [-0.05, 0) is 29.8 Å². The molecule has 1 aliphatic heterocycles. The van der Waals surface area contributed by atoms with Gasteiger partial charge < -0.3 is 14.8 Å². The molecule has 1 aliphatic rings. The average Bonchev–Trinajstić information content (AvgIpc) is 2.91. The summed E-state index contributed by atoms with van der Waals surface area (Å²) in [6, 6.07) is 8.71. The van der Waals surface area contributed by atoms with Crippen molar-refractivity contribution in [1.82, 2.24) is 5.32 Å². The van der Waals surface area contributed by atoms with Crippen LogP contribution in [0.15, 0.2) is 36.4 Å². The maximum absolute atomic E-state index is 13.1. The summed E-state index contributed by atoms with van der Waals surface area (Å²) in [6.07, 6.45) is 0. The molecule has 0 radical (unpaired) electrons. The average molecular weight is 307 g/mol. The molecule has 0 atom stereocenters. The van der Waals surface area contributed by atoms with Crippen molar-refractivity contribution in [3.8, 4) is 11.5 Å². The summed E-state index contributed by atoms with van der Waals surface area (Å²) in [5.41, 5.74) is 1.24. The standard InChI is InChI=1S/C15H11F2NO2S/c16-11-4-10(5-12(17)6-11)15(21)18-7-9-1-2-13-14(3-9)20-8-19-13/h1-6H,7-8H2,(H,18,21). The lowest BCUT2D eigenvalue weighted by Gasteiger charge is -2.09. The molecule has 0 unspecified atom stereocenters. The smallest absolute Gasteiger partial charge is 0.231 e. The minimum atomic E-state index is -0.655. The van der Waals surface area contributed by atoms with Crippen molar-refractivity contribution in [1.29, 1.82) is 0 Å². The molecular formula is C15H11F2NO2S. The second-order valence-corrected chi connectivity index (χ2v) is 4.94. The van der Waals surface area contributed by atoms with E-state index in [0.29, 0.717) is 23.6 Å². The van der Waals surface area contributed by atoms with Crippen LogP contribution in [0.4, 0.5) is 8.78 Å². The minimum Gasteiger partial charge on any atom is -0.454 e. The molecule has 0 saturated heterocycles. The fourth-order valence-electron chi connectivity index (χ4n) is 2.02. The van der Waals surface area contributed by atoms with Crippen LogP contribution in [-0.4, -0.2) is 11.8 Å². The van der Waals surface area contributed by atoms with Crippen LogP contribution in [0.1, 0.15) is 11.1 Å². The van der Waals surface area contributed by atoms with Gasteiger partial charge in [0.1, 0.15) is 16.6 Å². The zero-order valence-corrected chi connectivity index (χ0v) is 11.7. The second-order valence-electron chi connectivity index (χ2n) is 4.53. The summed E-state index contributed by atoms with van der Waals surface area (Å²) < 4.78 is 36.8. The molecule has 2 aromatic carbocycles. The van der Waals surface area contributed by atoms with Crippen LogP contribution in [0.2, 0.25) is 0 Å². The van der Waals surface area contributed by atoms with E-state index in [2.05, 4.69) is 5.32 Å². The number of hydrogen-bond acceptors (Lipinski definition) is 3. The molecule has 3 rings (SSSR count). The topological polar surface area (TPSA) is 30.5 Å². The Hall–Kier alpha value is -2.21. The van der Waals surface area contributed by atoms with Gasteiger partial charge in [-0.3, -0.25) is 0 Å². The van der Waals surface area contributed by atoms with Gasteiger partial charge in [0.15, 0.2) is 11.5 Å². The summed E-state index contributed by atoms with van der Waals surface area (Å²) in [7, 11) is 0. The van der Waals surface area contributed by atoms with E-state index in [1.54, 1.807) is 0 Å². The summed E-state index contributed by atoms with van der Waals surface area (Å²) in [5.74, 6) is 0.0694. The van der Waals surface area contributed by atoms with Crippen molar-refractivity contribution in [2.24, 2.45) is 0 Å². The quantitative estimate of drug-likeness (QED) is 0.883. The van der Waals surface area contributed by atoms with Crippen molar-refractivity contribution < 1.29 is 18.3 Å². The lowest BCUT2D eigenvalue weighted by molar-refractivity contribution is 0.174. The fraction of sp³-hybridized carbons (Fsp3) is 0.133. The second kappa shape index (κ2) is 5.65. The molecule has 0 amide bonds. The van der Waals surface area contributed by atoms with Gasteiger partial charge in [-0.15, -0.1) is 0 Å². The van der Waals surface area contributed by atoms with E-state index in [1.807, 2.05) is 18.2 Å². The van der Waals surface area contributed by atoms with Crippen LogP contribution in [-0.2, 0) is 6.54 Å². The number of fused-ring (bicyclic) bond motifs is 1. The highest BCUT2D eigenvalue weighted by molar-refractivity contribution is 7.80. The van der Waals surface area contributed by atoms with Crippen LogP contribution in [0.5, 0.6) is 11.5 Å². The molecule has 0 aliphatic carbocycles. The Morgan fingerprint density at radius 2 is 1.76 bits per heavy atom. The van der Waals surface area contributed by atoms with Crippen LogP contribution in [0.3, 0.4) is 0 Å². The van der Waals surface area contributed by atoms with Crippen LogP contribution in [0.25, 0.3) is 0 Å². The number of halogens is 2. The Balaban J connectivity index is 1.68. The third-order valence-corrected chi connectivity index (χ3v) is 3.39. The number of rotatable bonds is 3. The molecule has 0 bridgehead atoms. The molecule has 1 N–H and O–H groups in total. The van der Waals surface area contributed by atoms with Crippen molar-refractivity contribution in [3.63, 3.8) is 0 Å². The maximum atomic E-state index is 13.1. The summed E-state index contributed by atoms with van der Waals surface area (Å²) in [5, 5.41) is 2.96. The molecule has 6 heteroatoms. The molecule has 1 heterocycles. The van der Waals surface area contributed by atoms with Gasteiger partial charge in [-0.2, -0.15) is 0 Å². The number of hydrogen-bond donors (Lipinski definition) is 1. The molecular weight excluding hydrogens is 296 g/mol. The molecule has 21 heavy (non-hydrogen) atoms. The first kappa shape index (κ1) is 13.8. The summed E-state index contributed by atoms with van der Waals surface area (Å²) in [4.78, 5) is 0.283. The largest absolute Gasteiger partial charge is 0.454 e. The molecule has 3 nitrogen and oxygen atoms in total. The molecule has 108 valence electrons. The lowest BCUT2D eigenvalue weighted by atomic mass is 10.2. The van der Waals surface area contributed by atoms with E-state index in [4.69, 9.17) is 21.7 Å². The van der Waals surface area contributed by atoms with E-state index in [0.717, 1.165) is 11.6 Å². The third-order valence-electron chi connectivity index (χ3n) is 3.01. The highest BCUT2D eigenvalue weighted by atomic mass is 32.1. The molecule has 2 aromatic rings. The predicted molar refractivity (Wildman–Crippen MR) is 77.5 cm³/mol.